The van der Waals surface area contributed by atoms with Crippen LogP contribution in [0.25, 0.3) is 11.3 Å². The zero-order valence-electron chi connectivity index (χ0n) is 10.8. The molecule has 18 heavy (non-hydrogen) atoms. The van der Waals surface area contributed by atoms with Crippen LogP contribution in [0.5, 0.6) is 0 Å². The molecule has 2 aromatic rings. The summed E-state index contributed by atoms with van der Waals surface area (Å²) >= 11 is 0. The molecule has 0 spiro atoms. The maximum Gasteiger partial charge on any atom is 0.130 e. The summed E-state index contributed by atoms with van der Waals surface area (Å²) in [4.78, 5) is 8.80. The normalized spacial score (nSPS) is 10.4. The number of hydrogen-bond donors (Lipinski definition) is 2. The molecule has 1 aromatic heterocycles. The molecule has 4 nitrogen and oxygen atoms in total. The Bertz CT molecular complexity index is 520. The lowest BCUT2D eigenvalue weighted by molar-refractivity contribution is 0.987. The van der Waals surface area contributed by atoms with Crippen molar-refractivity contribution in [1.82, 2.24) is 9.97 Å². The van der Waals surface area contributed by atoms with Gasteiger partial charge in [0.05, 0.1) is 5.69 Å². The average molecular weight is 242 g/mol. The smallest absolute Gasteiger partial charge is 0.130 e. The summed E-state index contributed by atoms with van der Waals surface area (Å²) in [5.74, 6) is 1.58. The van der Waals surface area contributed by atoms with E-state index < -0.39 is 0 Å². The lowest BCUT2D eigenvalue weighted by atomic mass is 10.1. The van der Waals surface area contributed by atoms with Crippen LogP contribution < -0.4 is 11.1 Å². The molecule has 0 unspecified atom stereocenters. The van der Waals surface area contributed by atoms with Crippen molar-refractivity contribution in [1.29, 1.82) is 0 Å². The zero-order chi connectivity index (χ0) is 13.0. The molecule has 0 amide bonds. The molecule has 0 aliphatic rings. The first-order valence-corrected chi connectivity index (χ1v) is 6.05. The van der Waals surface area contributed by atoms with Crippen molar-refractivity contribution in [3.8, 4) is 11.3 Å². The molecule has 1 aromatic carbocycles. The quantitative estimate of drug-likeness (QED) is 0.862. The van der Waals surface area contributed by atoms with Gasteiger partial charge in [-0.05, 0) is 13.8 Å². The fourth-order valence-electron chi connectivity index (χ4n) is 1.73. The molecule has 3 N–H and O–H groups in total. The van der Waals surface area contributed by atoms with Gasteiger partial charge in [-0.15, -0.1) is 0 Å². The number of rotatable bonds is 4. The third kappa shape index (κ3) is 3.05. The Morgan fingerprint density at radius 3 is 2.50 bits per heavy atom. The predicted octanol–water partition coefficient (Wildman–Crippen LogP) is 2.13. The van der Waals surface area contributed by atoms with Crippen LogP contribution in [0, 0.1) is 13.8 Å². The molecular weight excluding hydrogens is 224 g/mol. The van der Waals surface area contributed by atoms with Crippen LogP contribution in [-0.2, 0) is 0 Å². The summed E-state index contributed by atoms with van der Waals surface area (Å²) in [5, 5.41) is 3.18. The third-order valence-corrected chi connectivity index (χ3v) is 2.64. The van der Waals surface area contributed by atoms with E-state index >= 15 is 0 Å². The first kappa shape index (κ1) is 12.5. The fraction of sp³-hybridized carbons (Fsp3) is 0.286. The molecule has 0 bridgehead atoms. The summed E-state index contributed by atoms with van der Waals surface area (Å²) in [6.07, 6.45) is 0. The summed E-state index contributed by atoms with van der Waals surface area (Å²) in [7, 11) is 0. The Labute approximate surface area is 107 Å². The van der Waals surface area contributed by atoms with E-state index in [1.165, 1.54) is 5.56 Å². The van der Waals surface area contributed by atoms with E-state index in [0.29, 0.717) is 13.1 Å². The highest BCUT2D eigenvalue weighted by Crippen LogP contribution is 2.20. The van der Waals surface area contributed by atoms with E-state index in [9.17, 15) is 0 Å². The van der Waals surface area contributed by atoms with E-state index in [1.807, 2.05) is 13.0 Å². The molecular formula is C14H18N4. The number of aromatic nitrogens is 2. The second-order valence-electron chi connectivity index (χ2n) is 4.27. The summed E-state index contributed by atoms with van der Waals surface area (Å²) in [6, 6.07) is 10.3. The van der Waals surface area contributed by atoms with Crippen LogP contribution in [-0.4, -0.2) is 23.1 Å². The average Bonchev–Trinajstić information content (AvgIpc) is 2.36. The molecule has 0 atom stereocenters. The molecule has 0 saturated heterocycles. The topological polar surface area (TPSA) is 63.8 Å². The number of nitrogens with one attached hydrogen (secondary N) is 1. The summed E-state index contributed by atoms with van der Waals surface area (Å²) in [5.41, 5.74) is 8.75. The van der Waals surface area contributed by atoms with Gasteiger partial charge in [0.15, 0.2) is 0 Å². The van der Waals surface area contributed by atoms with Gasteiger partial charge in [-0.1, -0.05) is 29.8 Å². The van der Waals surface area contributed by atoms with Crippen LogP contribution in [0.2, 0.25) is 0 Å². The van der Waals surface area contributed by atoms with Gasteiger partial charge in [0, 0.05) is 24.7 Å². The number of hydrogen-bond acceptors (Lipinski definition) is 4. The largest absolute Gasteiger partial charge is 0.369 e. The molecule has 94 valence electrons. The maximum absolute atomic E-state index is 5.47. The number of benzene rings is 1. The number of aryl methyl sites for hydroxylation is 2. The lowest BCUT2D eigenvalue weighted by Gasteiger charge is -2.08. The van der Waals surface area contributed by atoms with E-state index in [2.05, 4.69) is 46.5 Å². The van der Waals surface area contributed by atoms with E-state index in [1.54, 1.807) is 0 Å². The van der Waals surface area contributed by atoms with Gasteiger partial charge in [0.1, 0.15) is 11.6 Å². The highest BCUT2D eigenvalue weighted by atomic mass is 15.0. The molecule has 0 aliphatic carbocycles. The second kappa shape index (κ2) is 5.60. The zero-order valence-corrected chi connectivity index (χ0v) is 10.8. The summed E-state index contributed by atoms with van der Waals surface area (Å²) < 4.78 is 0. The van der Waals surface area contributed by atoms with Crippen molar-refractivity contribution in [2.75, 3.05) is 18.4 Å². The van der Waals surface area contributed by atoms with Crippen molar-refractivity contribution in [2.45, 2.75) is 13.8 Å². The number of nitrogens with two attached hydrogens (primary N) is 1. The van der Waals surface area contributed by atoms with Crippen LogP contribution >= 0.6 is 0 Å². The van der Waals surface area contributed by atoms with Crippen molar-refractivity contribution >= 4 is 5.82 Å². The van der Waals surface area contributed by atoms with Crippen LogP contribution in [0.4, 0.5) is 5.82 Å². The van der Waals surface area contributed by atoms with Gasteiger partial charge in [-0.25, -0.2) is 9.97 Å². The van der Waals surface area contributed by atoms with Crippen LogP contribution in [0.15, 0.2) is 30.3 Å². The van der Waals surface area contributed by atoms with Gasteiger partial charge >= 0.3 is 0 Å². The van der Waals surface area contributed by atoms with Gasteiger partial charge < -0.3 is 11.1 Å². The molecule has 0 fully saturated rings. The predicted molar refractivity (Wildman–Crippen MR) is 74.5 cm³/mol. The van der Waals surface area contributed by atoms with Gasteiger partial charge in [-0.2, -0.15) is 0 Å². The highest BCUT2D eigenvalue weighted by Gasteiger charge is 2.03. The Balaban J connectivity index is 2.32. The minimum Gasteiger partial charge on any atom is -0.369 e. The number of anilines is 1. The van der Waals surface area contributed by atoms with Crippen molar-refractivity contribution < 1.29 is 0 Å². The molecule has 4 heteroatoms. The van der Waals surface area contributed by atoms with Crippen molar-refractivity contribution in [2.24, 2.45) is 5.73 Å². The van der Waals surface area contributed by atoms with E-state index in [4.69, 9.17) is 5.73 Å². The van der Waals surface area contributed by atoms with Crippen LogP contribution in [0.1, 0.15) is 11.4 Å². The SMILES string of the molecule is Cc1ccc(-c2cc(NCCN)nc(C)n2)cc1. The third-order valence-electron chi connectivity index (χ3n) is 2.64. The van der Waals surface area contributed by atoms with Crippen LogP contribution in [0.3, 0.4) is 0 Å². The van der Waals surface area contributed by atoms with Gasteiger partial charge in [0.25, 0.3) is 0 Å². The van der Waals surface area contributed by atoms with Gasteiger partial charge in [0.2, 0.25) is 0 Å². The van der Waals surface area contributed by atoms with Crippen molar-refractivity contribution in [3.05, 3.63) is 41.7 Å². The maximum atomic E-state index is 5.47. The number of nitrogens with zero attached hydrogens (tertiary/aromatic N) is 2. The molecule has 0 aliphatic heterocycles. The molecule has 0 radical (unpaired) electrons. The second-order valence-corrected chi connectivity index (χ2v) is 4.27. The highest BCUT2D eigenvalue weighted by molar-refractivity contribution is 5.62. The monoisotopic (exact) mass is 242 g/mol. The Morgan fingerprint density at radius 1 is 1.11 bits per heavy atom. The summed E-state index contributed by atoms with van der Waals surface area (Å²) in [6.45, 7) is 5.27. The van der Waals surface area contributed by atoms with E-state index in [0.717, 1.165) is 22.9 Å². The lowest BCUT2D eigenvalue weighted by Crippen LogP contribution is -2.14. The Hall–Kier alpha value is -1.94. The first-order chi connectivity index (χ1) is 8.69. The minimum absolute atomic E-state index is 0.586. The standard InChI is InChI=1S/C14H18N4/c1-10-3-5-12(6-4-10)13-9-14(16-8-7-15)18-11(2)17-13/h3-6,9H,7-8,15H2,1-2H3,(H,16,17,18). The van der Waals surface area contributed by atoms with Gasteiger partial charge in [-0.3, -0.25) is 0 Å². The minimum atomic E-state index is 0.586. The first-order valence-electron chi connectivity index (χ1n) is 6.05. The molecule has 0 saturated carbocycles. The molecule has 2 rings (SSSR count). The Kier molecular flexibility index (Phi) is 3.89. The Morgan fingerprint density at radius 2 is 1.83 bits per heavy atom. The molecule has 1 heterocycles. The van der Waals surface area contributed by atoms with Crippen molar-refractivity contribution in [3.63, 3.8) is 0 Å². The fourth-order valence-corrected chi connectivity index (χ4v) is 1.73. The van der Waals surface area contributed by atoms with E-state index in [-0.39, 0.29) is 0 Å².